The molecule has 0 aliphatic heterocycles. The van der Waals surface area contributed by atoms with Crippen LogP contribution in [0.4, 0.5) is 5.82 Å². The van der Waals surface area contributed by atoms with E-state index in [4.69, 9.17) is 5.73 Å². The number of aromatic amines is 1. The first-order valence-electron chi connectivity index (χ1n) is 7.05. The Labute approximate surface area is 120 Å². The molecule has 3 rings (SSSR count). The fraction of sp³-hybridized carbons (Fsp3) is 0.538. The highest BCUT2D eigenvalue weighted by Crippen LogP contribution is 2.26. The molecular weight excluding hydrogens is 272 g/mol. The molecule has 1 aliphatic carbocycles. The number of carbonyl (C=O) groups excluding carboxylic acids is 1. The highest BCUT2D eigenvalue weighted by atomic mass is 16.1. The van der Waals surface area contributed by atoms with Crippen molar-refractivity contribution in [2.24, 2.45) is 11.7 Å². The number of nitrogens with two attached hydrogens (primary N) is 1. The van der Waals surface area contributed by atoms with Gasteiger partial charge in [0.05, 0.1) is 0 Å². The topological polar surface area (TPSA) is 118 Å². The van der Waals surface area contributed by atoms with Crippen molar-refractivity contribution in [2.45, 2.75) is 38.6 Å². The molecule has 8 nitrogen and oxygen atoms in total. The Morgan fingerprint density at radius 3 is 2.81 bits per heavy atom. The minimum absolute atomic E-state index is 0.00913. The first kappa shape index (κ1) is 13.6. The molecule has 0 radical (unpaired) electrons. The van der Waals surface area contributed by atoms with Crippen molar-refractivity contribution < 1.29 is 4.79 Å². The number of carbonyl (C=O) groups is 1. The molecular formula is C13H18N6O2. The number of hydrogen-bond donors (Lipinski definition) is 3. The van der Waals surface area contributed by atoms with Crippen molar-refractivity contribution in [2.75, 3.05) is 5.32 Å². The second kappa shape index (κ2) is 5.19. The van der Waals surface area contributed by atoms with Crippen LogP contribution in [0.5, 0.6) is 0 Å². The quantitative estimate of drug-likeness (QED) is 0.745. The number of anilines is 1. The van der Waals surface area contributed by atoms with Gasteiger partial charge in [0.25, 0.3) is 0 Å². The molecule has 0 aromatic carbocycles. The van der Waals surface area contributed by atoms with E-state index >= 15 is 0 Å². The van der Waals surface area contributed by atoms with E-state index in [1.165, 1.54) is 4.40 Å². The van der Waals surface area contributed by atoms with Crippen molar-refractivity contribution in [1.29, 1.82) is 0 Å². The summed E-state index contributed by atoms with van der Waals surface area (Å²) in [5, 5.41) is 9.71. The Balaban J connectivity index is 1.74. The highest BCUT2D eigenvalue weighted by Gasteiger charge is 2.24. The van der Waals surface area contributed by atoms with Crippen LogP contribution >= 0.6 is 0 Å². The zero-order valence-electron chi connectivity index (χ0n) is 11.8. The van der Waals surface area contributed by atoms with E-state index in [2.05, 4.69) is 20.5 Å². The van der Waals surface area contributed by atoms with E-state index in [0.29, 0.717) is 17.3 Å². The molecule has 2 aromatic rings. The first-order chi connectivity index (χ1) is 10.0. The summed E-state index contributed by atoms with van der Waals surface area (Å²) >= 11 is 0. The maximum absolute atomic E-state index is 11.5. The number of hydrogen-bond acceptors (Lipinski definition) is 5. The molecule has 2 heterocycles. The summed E-state index contributed by atoms with van der Waals surface area (Å²) in [6.07, 6.45) is 3.37. The zero-order chi connectivity index (χ0) is 15.0. The molecule has 0 spiro atoms. The number of nitrogens with zero attached hydrogens (tertiary/aromatic N) is 3. The van der Waals surface area contributed by atoms with Crippen LogP contribution in [0, 0.1) is 12.8 Å². The number of fused-ring (bicyclic) bond motifs is 1. The lowest BCUT2D eigenvalue weighted by Gasteiger charge is -2.27. The summed E-state index contributed by atoms with van der Waals surface area (Å²) in [5.41, 5.74) is 5.59. The summed E-state index contributed by atoms with van der Waals surface area (Å²) in [6.45, 7) is 1.76. The van der Waals surface area contributed by atoms with Crippen LogP contribution in [0.25, 0.3) is 5.65 Å². The van der Waals surface area contributed by atoms with Crippen LogP contribution in [0.1, 0.15) is 31.5 Å². The Morgan fingerprint density at radius 2 is 2.14 bits per heavy atom. The monoisotopic (exact) mass is 290 g/mol. The van der Waals surface area contributed by atoms with Crippen molar-refractivity contribution in [3.63, 3.8) is 0 Å². The average molecular weight is 290 g/mol. The number of aryl methyl sites for hydroxylation is 1. The Kier molecular flexibility index (Phi) is 3.36. The first-order valence-corrected chi connectivity index (χ1v) is 7.05. The summed E-state index contributed by atoms with van der Waals surface area (Å²) in [7, 11) is 0. The number of rotatable bonds is 3. The molecule has 1 aliphatic rings. The van der Waals surface area contributed by atoms with Crippen LogP contribution in [0.15, 0.2) is 10.9 Å². The number of nitrogens with one attached hydrogen (secondary N) is 2. The van der Waals surface area contributed by atoms with Gasteiger partial charge >= 0.3 is 5.69 Å². The van der Waals surface area contributed by atoms with Crippen molar-refractivity contribution in [3.05, 3.63) is 22.4 Å². The van der Waals surface area contributed by atoms with Crippen LogP contribution in [-0.2, 0) is 4.79 Å². The summed E-state index contributed by atoms with van der Waals surface area (Å²) in [6, 6.07) is 2.01. The van der Waals surface area contributed by atoms with Crippen LogP contribution in [0.2, 0.25) is 0 Å². The number of aromatic nitrogens is 4. The van der Waals surface area contributed by atoms with Crippen molar-refractivity contribution in [1.82, 2.24) is 19.6 Å². The number of amides is 1. The third-order valence-electron chi connectivity index (χ3n) is 4.05. The SMILES string of the molecule is Cc1nc(NC2CCC(C(N)=O)CC2)cc2n[nH]c(=O)n12. The lowest BCUT2D eigenvalue weighted by Crippen LogP contribution is -2.32. The second-order valence-electron chi connectivity index (χ2n) is 5.51. The molecule has 8 heteroatoms. The van der Waals surface area contributed by atoms with Gasteiger partial charge in [0.15, 0.2) is 5.65 Å². The van der Waals surface area contributed by atoms with Gasteiger partial charge in [-0.25, -0.2) is 19.3 Å². The van der Waals surface area contributed by atoms with Gasteiger partial charge in [-0.05, 0) is 32.6 Å². The van der Waals surface area contributed by atoms with Gasteiger partial charge < -0.3 is 11.1 Å². The van der Waals surface area contributed by atoms with Gasteiger partial charge in [0.2, 0.25) is 5.91 Å². The fourth-order valence-corrected chi connectivity index (χ4v) is 2.90. The third-order valence-corrected chi connectivity index (χ3v) is 4.05. The van der Waals surface area contributed by atoms with Gasteiger partial charge in [0, 0.05) is 18.0 Å². The van der Waals surface area contributed by atoms with Crippen LogP contribution in [0.3, 0.4) is 0 Å². The van der Waals surface area contributed by atoms with E-state index in [1.807, 2.05) is 0 Å². The minimum atomic E-state index is -0.288. The second-order valence-corrected chi connectivity index (χ2v) is 5.51. The molecule has 1 saturated carbocycles. The van der Waals surface area contributed by atoms with E-state index in [1.54, 1.807) is 13.0 Å². The molecule has 4 N–H and O–H groups in total. The molecule has 0 atom stereocenters. The molecule has 0 saturated heterocycles. The Bertz CT molecular complexity index is 726. The average Bonchev–Trinajstić information content (AvgIpc) is 2.81. The van der Waals surface area contributed by atoms with E-state index in [9.17, 15) is 9.59 Å². The predicted molar refractivity (Wildman–Crippen MR) is 76.9 cm³/mol. The summed E-state index contributed by atoms with van der Waals surface area (Å²) in [4.78, 5) is 27.1. The molecule has 21 heavy (non-hydrogen) atoms. The molecule has 2 aromatic heterocycles. The zero-order valence-corrected chi connectivity index (χ0v) is 11.8. The molecule has 0 unspecified atom stereocenters. The Hall–Kier alpha value is -2.38. The van der Waals surface area contributed by atoms with Crippen molar-refractivity contribution >= 4 is 17.4 Å². The molecule has 0 bridgehead atoms. The normalized spacial score (nSPS) is 22.3. The summed E-state index contributed by atoms with van der Waals surface area (Å²) in [5.74, 6) is 1.06. The molecule has 1 fully saturated rings. The molecule has 1 amide bonds. The van der Waals surface area contributed by atoms with Gasteiger partial charge in [-0.2, -0.15) is 5.10 Å². The molecule has 112 valence electrons. The standard InChI is InChI=1S/C13H18N6O2/c1-7-15-10(6-11-17-18-13(21)19(7)11)16-9-4-2-8(3-5-9)12(14)20/h6,8-9,16H,2-5H2,1H3,(H2,14,20)(H,18,21). The smallest absolute Gasteiger partial charge is 0.349 e. The Morgan fingerprint density at radius 1 is 1.43 bits per heavy atom. The van der Waals surface area contributed by atoms with E-state index in [0.717, 1.165) is 25.7 Å². The summed E-state index contributed by atoms with van der Waals surface area (Å²) < 4.78 is 1.43. The maximum atomic E-state index is 11.5. The maximum Gasteiger partial charge on any atom is 0.349 e. The van der Waals surface area contributed by atoms with E-state index < -0.39 is 0 Å². The van der Waals surface area contributed by atoms with Gasteiger partial charge in [-0.1, -0.05) is 0 Å². The van der Waals surface area contributed by atoms with Gasteiger partial charge in [-0.15, -0.1) is 0 Å². The van der Waals surface area contributed by atoms with E-state index in [-0.39, 0.29) is 23.6 Å². The third kappa shape index (κ3) is 2.61. The largest absolute Gasteiger partial charge is 0.369 e. The minimum Gasteiger partial charge on any atom is -0.369 e. The number of H-pyrrole nitrogens is 1. The van der Waals surface area contributed by atoms with Crippen LogP contribution in [-0.4, -0.2) is 31.5 Å². The fourth-order valence-electron chi connectivity index (χ4n) is 2.90. The predicted octanol–water partition coefficient (Wildman–Crippen LogP) is 0.182. The van der Waals surface area contributed by atoms with Crippen molar-refractivity contribution in [3.8, 4) is 0 Å². The van der Waals surface area contributed by atoms with Crippen LogP contribution < -0.4 is 16.7 Å². The highest BCUT2D eigenvalue weighted by molar-refractivity contribution is 5.76. The lowest BCUT2D eigenvalue weighted by atomic mass is 9.85. The lowest BCUT2D eigenvalue weighted by molar-refractivity contribution is -0.122. The van der Waals surface area contributed by atoms with Gasteiger partial charge in [0.1, 0.15) is 11.6 Å². The van der Waals surface area contributed by atoms with Gasteiger partial charge in [-0.3, -0.25) is 4.79 Å². The number of primary amides is 1.